The van der Waals surface area contributed by atoms with E-state index in [1.54, 1.807) is 11.1 Å². The summed E-state index contributed by atoms with van der Waals surface area (Å²) in [5.74, 6) is 1.91. The molecule has 68 valence electrons. The van der Waals surface area contributed by atoms with Crippen LogP contribution in [0.15, 0.2) is 24.3 Å². The first-order valence-electron chi connectivity index (χ1n) is 5.53. The zero-order chi connectivity index (χ0) is 8.67. The average Bonchev–Trinajstić information content (AvgIpc) is 2.56. The fourth-order valence-electron chi connectivity index (χ4n) is 3.23. The fourth-order valence-corrected chi connectivity index (χ4v) is 3.23. The normalized spacial score (nSPS) is 31.1. The predicted octanol–water partition coefficient (Wildman–Crippen LogP) is 3.52. The van der Waals surface area contributed by atoms with Crippen LogP contribution >= 0.6 is 0 Å². The second-order valence-corrected chi connectivity index (χ2v) is 4.55. The highest BCUT2D eigenvalue weighted by molar-refractivity contribution is 5.36. The van der Waals surface area contributed by atoms with Gasteiger partial charge in [0, 0.05) is 0 Å². The van der Waals surface area contributed by atoms with Crippen molar-refractivity contribution in [3.8, 4) is 0 Å². The average molecular weight is 172 g/mol. The van der Waals surface area contributed by atoms with Crippen LogP contribution in [-0.4, -0.2) is 0 Å². The maximum Gasteiger partial charge on any atom is -0.0128 e. The Bertz CT molecular complexity index is 314. The summed E-state index contributed by atoms with van der Waals surface area (Å²) in [4.78, 5) is 0. The largest absolute Gasteiger partial charge is 0.0620 e. The summed E-state index contributed by atoms with van der Waals surface area (Å²) in [6.45, 7) is 0. The zero-order valence-corrected chi connectivity index (χ0v) is 8.00. The lowest BCUT2D eigenvalue weighted by atomic mass is 9.80. The molecule has 2 aliphatic carbocycles. The molecule has 0 amide bonds. The molecule has 0 aromatic heterocycles. The molecule has 0 nitrogen and oxygen atoms in total. The van der Waals surface area contributed by atoms with E-state index in [2.05, 4.69) is 24.3 Å². The number of benzene rings is 1. The van der Waals surface area contributed by atoms with Crippen molar-refractivity contribution >= 4 is 0 Å². The zero-order valence-electron chi connectivity index (χ0n) is 8.00. The van der Waals surface area contributed by atoms with Crippen LogP contribution in [-0.2, 0) is 6.42 Å². The summed E-state index contributed by atoms with van der Waals surface area (Å²) in [7, 11) is 0. The molecule has 2 aliphatic rings. The Kier molecular flexibility index (Phi) is 1.68. The van der Waals surface area contributed by atoms with Crippen molar-refractivity contribution < 1.29 is 0 Å². The Labute approximate surface area is 80.0 Å². The first-order valence-corrected chi connectivity index (χ1v) is 5.53. The molecular formula is C13H16. The Morgan fingerprint density at radius 3 is 2.85 bits per heavy atom. The van der Waals surface area contributed by atoms with Gasteiger partial charge in [-0.1, -0.05) is 37.1 Å². The van der Waals surface area contributed by atoms with Crippen LogP contribution in [0.4, 0.5) is 0 Å². The van der Waals surface area contributed by atoms with Crippen molar-refractivity contribution in [3.63, 3.8) is 0 Å². The van der Waals surface area contributed by atoms with E-state index in [4.69, 9.17) is 0 Å². The summed E-state index contributed by atoms with van der Waals surface area (Å²) in [6, 6.07) is 9.07. The van der Waals surface area contributed by atoms with E-state index >= 15 is 0 Å². The van der Waals surface area contributed by atoms with Gasteiger partial charge in [0.15, 0.2) is 0 Å². The quantitative estimate of drug-likeness (QED) is 0.561. The molecule has 0 aliphatic heterocycles. The Balaban J connectivity index is 2.01. The van der Waals surface area contributed by atoms with Crippen molar-refractivity contribution in [2.24, 2.45) is 5.92 Å². The molecule has 0 N–H and O–H groups in total. The summed E-state index contributed by atoms with van der Waals surface area (Å²) in [5, 5.41) is 0. The van der Waals surface area contributed by atoms with Crippen molar-refractivity contribution in [3.05, 3.63) is 35.4 Å². The van der Waals surface area contributed by atoms with Crippen LogP contribution in [0.1, 0.15) is 42.7 Å². The van der Waals surface area contributed by atoms with E-state index in [9.17, 15) is 0 Å². The van der Waals surface area contributed by atoms with Crippen LogP contribution in [0.25, 0.3) is 0 Å². The topological polar surface area (TPSA) is 0 Å². The van der Waals surface area contributed by atoms with Crippen LogP contribution in [0.3, 0.4) is 0 Å². The van der Waals surface area contributed by atoms with Crippen molar-refractivity contribution in [1.29, 1.82) is 0 Å². The van der Waals surface area contributed by atoms with Gasteiger partial charge in [0.05, 0.1) is 0 Å². The molecule has 0 heterocycles. The molecule has 3 rings (SSSR count). The van der Waals surface area contributed by atoms with Crippen LogP contribution < -0.4 is 0 Å². The number of fused-ring (bicyclic) bond motifs is 3. The Hall–Kier alpha value is -0.780. The monoisotopic (exact) mass is 172 g/mol. The molecule has 0 unspecified atom stereocenters. The molecule has 1 aromatic rings. The maximum absolute atomic E-state index is 2.35. The third kappa shape index (κ3) is 1.12. The van der Waals surface area contributed by atoms with E-state index < -0.39 is 0 Å². The first-order chi connectivity index (χ1) is 6.45. The van der Waals surface area contributed by atoms with Crippen LogP contribution in [0.5, 0.6) is 0 Å². The fraction of sp³-hybridized carbons (Fsp3) is 0.538. The minimum absolute atomic E-state index is 0.921. The van der Waals surface area contributed by atoms with Gasteiger partial charge in [0.1, 0.15) is 0 Å². The van der Waals surface area contributed by atoms with E-state index in [-0.39, 0.29) is 0 Å². The SMILES string of the molecule is c1ccc2c(c1)C[C@@H]1CCCC[C@H]21. The van der Waals surface area contributed by atoms with Gasteiger partial charge < -0.3 is 0 Å². The highest BCUT2D eigenvalue weighted by Gasteiger charge is 2.33. The predicted molar refractivity (Wildman–Crippen MR) is 54.8 cm³/mol. The molecule has 1 saturated carbocycles. The Morgan fingerprint density at radius 2 is 1.85 bits per heavy atom. The van der Waals surface area contributed by atoms with Gasteiger partial charge in [-0.25, -0.2) is 0 Å². The number of hydrogen-bond donors (Lipinski definition) is 0. The van der Waals surface area contributed by atoms with E-state index in [0.717, 1.165) is 11.8 Å². The number of rotatable bonds is 0. The van der Waals surface area contributed by atoms with Crippen LogP contribution in [0, 0.1) is 5.92 Å². The third-order valence-corrected chi connectivity index (χ3v) is 3.85. The summed E-state index contributed by atoms with van der Waals surface area (Å²) < 4.78 is 0. The van der Waals surface area contributed by atoms with Crippen LogP contribution in [0.2, 0.25) is 0 Å². The summed E-state index contributed by atoms with van der Waals surface area (Å²) in [5.41, 5.74) is 3.31. The molecule has 0 saturated heterocycles. The van der Waals surface area contributed by atoms with Gasteiger partial charge in [-0.15, -0.1) is 0 Å². The molecule has 1 aromatic carbocycles. The minimum Gasteiger partial charge on any atom is -0.0620 e. The first kappa shape index (κ1) is 7.61. The highest BCUT2D eigenvalue weighted by atomic mass is 14.4. The number of hydrogen-bond acceptors (Lipinski definition) is 0. The van der Waals surface area contributed by atoms with Gasteiger partial charge in [-0.05, 0) is 42.2 Å². The van der Waals surface area contributed by atoms with E-state index in [1.165, 1.54) is 32.1 Å². The molecular weight excluding hydrogens is 156 g/mol. The Morgan fingerprint density at radius 1 is 1.00 bits per heavy atom. The molecule has 0 radical (unpaired) electrons. The van der Waals surface area contributed by atoms with E-state index in [0.29, 0.717) is 0 Å². The second-order valence-electron chi connectivity index (χ2n) is 4.55. The van der Waals surface area contributed by atoms with Gasteiger partial charge in [0.25, 0.3) is 0 Å². The second kappa shape index (κ2) is 2.87. The lowest BCUT2D eigenvalue weighted by molar-refractivity contribution is 0.330. The van der Waals surface area contributed by atoms with Crippen molar-refractivity contribution in [2.45, 2.75) is 38.0 Å². The van der Waals surface area contributed by atoms with Crippen molar-refractivity contribution in [1.82, 2.24) is 0 Å². The van der Waals surface area contributed by atoms with Gasteiger partial charge in [-0.3, -0.25) is 0 Å². The van der Waals surface area contributed by atoms with Gasteiger partial charge in [0.2, 0.25) is 0 Å². The molecule has 0 bridgehead atoms. The lowest BCUT2D eigenvalue weighted by Crippen LogP contribution is -2.12. The van der Waals surface area contributed by atoms with E-state index in [1.807, 2.05) is 0 Å². The third-order valence-electron chi connectivity index (χ3n) is 3.85. The van der Waals surface area contributed by atoms with Gasteiger partial charge in [-0.2, -0.15) is 0 Å². The minimum atomic E-state index is 0.921. The smallest absolute Gasteiger partial charge is 0.0128 e. The molecule has 0 spiro atoms. The highest BCUT2D eigenvalue weighted by Crippen LogP contribution is 2.46. The molecule has 1 fully saturated rings. The molecule has 0 heteroatoms. The lowest BCUT2D eigenvalue weighted by Gasteiger charge is -2.25. The summed E-state index contributed by atoms with van der Waals surface area (Å²) >= 11 is 0. The molecule has 2 atom stereocenters. The maximum atomic E-state index is 2.35. The van der Waals surface area contributed by atoms with Crippen molar-refractivity contribution in [2.75, 3.05) is 0 Å². The summed E-state index contributed by atoms with van der Waals surface area (Å²) in [6.07, 6.45) is 7.20. The van der Waals surface area contributed by atoms with Gasteiger partial charge >= 0.3 is 0 Å². The molecule has 13 heavy (non-hydrogen) atoms. The standard InChI is InChI=1S/C13H16/c1-3-7-12-10(5-1)9-11-6-2-4-8-13(11)12/h1,3,5,7,11,13H,2,4,6,8-9H2/t11-,13-/m0/s1.